The lowest BCUT2D eigenvalue weighted by Gasteiger charge is -2.02. The zero-order valence-corrected chi connectivity index (χ0v) is 22.8. The molecule has 1 nitrogen and oxygen atoms in total. The summed E-state index contributed by atoms with van der Waals surface area (Å²) in [5.41, 5.74) is 4.57. The van der Waals surface area contributed by atoms with E-state index in [4.69, 9.17) is 5.26 Å². The van der Waals surface area contributed by atoms with Gasteiger partial charge < -0.3 is 0 Å². The molecule has 3 aromatic carbocycles. The molecule has 0 atom stereocenters. The second-order valence-electron chi connectivity index (χ2n) is 9.03. The van der Waals surface area contributed by atoms with E-state index in [9.17, 15) is 0 Å². The van der Waals surface area contributed by atoms with Crippen LogP contribution in [0.4, 0.5) is 0 Å². The highest BCUT2D eigenvalue weighted by molar-refractivity contribution is 7.26. The van der Waals surface area contributed by atoms with Crippen molar-refractivity contribution >= 4 is 31.5 Å². The highest BCUT2D eigenvalue weighted by atomic mass is 32.1. The molecule has 5 rings (SSSR count). The Hall–Kier alpha value is -2.63. The average Bonchev–Trinajstić information content (AvgIpc) is 3.09. The minimum absolute atomic E-state index is 0.762. The van der Waals surface area contributed by atoms with Crippen molar-refractivity contribution < 1.29 is 0 Å². The molecule has 1 fully saturated rings. The molecule has 2 heteroatoms. The molecule has 0 amide bonds. The molecule has 180 valence electrons. The lowest BCUT2D eigenvalue weighted by molar-refractivity contribution is 0.505. The molecule has 1 aliphatic carbocycles. The Morgan fingerprint density at radius 2 is 1.15 bits per heavy atom. The van der Waals surface area contributed by atoms with E-state index < -0.39 is 0 Å². The van der Waals surface area contributed by atoms with Gasteiger partial charge in [-0.25, -0.2) is 0 Å². The van der Waals surface area contributed by atoms with E-state index in [1.165, 1.54) is 69.8 Å². The van der Waals surface area contributed by atoms with E-state index in [0.29, 0.717) is 0 Å². The smallest absolute Gasteiger partial charge is 0.0994 e. The lowest BCUT2D eigenvalue weighted by Crippen LogP contribution is -1.88. The van der Waals surface area contributed by atoms with Crippen LogP contribution in [0.3, 0.4) is 0 Å². The molecule has 34 heavy (non-hydrogen) atoms. The zero-order valence-electron chi connectivity index (χ0n) is 21.9. The van der Waals surface area contributed by atoms with Crippen LogP contribution in [0.2, 0.25) is 0 Å². The van der Waals surface area contributed by atoms with E-state index in [2.05, 4.69) is 63.2 Å². The van der Waals surface area contributed by atoms with E-state index in [1.54, 1.807) is 0 Å². The standard InChI is InChI=1S/C14H12S.C8H7N.C8H16.C2H6/c1-9-5-3-7-11-12-8-4-6-10(2)14(12)15-13(9)11;1-7-4-2-3-5-8(7)6-9;1-8-6-4-2-3-5-7-8;1-2/h3-8H,1-2H3;2-5H,1H3;8H,2-7H2,1H3;1-2H3. The summed E-state index contributed by atoms with van der Waals surface area (Å²) in [5, 5.41) is 11.3. The van der Waals surface area contributed by atoms with Crippen LogP contribution in [-0.2, 0) is 0 Å². The molecular weight excluding hydrogens is 430 g/mol. The minimum atomic E-state index is 0.762. The van der Waals surface area contributed by atoms with Gasteiger partial charge in [0.15, 0.2) is 0 Å². The molecule has 1 aliphatic rings. The maximum Gasteiger partial charge on any atom is 0.0994 e. The average molecular weight is 472 g/mol. The molecule has 0 unspecified atom stereocenters. The first-order valence-corrected chi connectivity index (χ1v) is 13.7. The predicted octanol–water partition coefficient (Wildman–Crippen LogP) is 10.5. The van der Waals surface area contributed by atoms with Gasteiger partial charge in [0.25, 0.3) is 0 Å². The summed E-state index contributed by atoms with van der Waals surface area (Å²) in [6, 6.07) is 22.7. The van der Waals surface area contributed by atoms with Crippen LogP contribution in [0.1, 0.15) is 81.5 Å². The van der Waals surface area contributed by atoms with E-state index in [0.717, 1.165) is 17.0 Å². The number of thiophene rings is 1. The van der Waals surface area contributed by atoms with Crippen LogP contribution in [0.5, 0.6) is 0 Å². The Bertz CT molecular complexity index is 1130. The quantitative estimate of drug-likeness (QED) is 0.234. The van der Waals surface area contributed by atoms with Gasteiger partial charge in [0, 0.05) is 20.2 Å². The number of benzene rings is 3. The number of aryl methyl sites for hydroxylation is 3. The van der Waals surface area contributed by atoms with Crippen molar-refractivity contribution in [1.82, 2.24) is 0 Å². The molecule has 0 radical (unpaired) electrons. The monoisotopic (exact) mass is 471 g/mol. The van der Waals surface area contributed by atoms with Gasteiger partial charge >= 0.3 is 0 Å². The molecule has 0 saturated heterocycles. The first-order chi connectivity index (χ1) is 16.5. The number of hydrogen-bond donors (Lipinski definition) is 0. The molecule has 4 aromatic rings. The largest absolute Gasteiger partial charge is 0.192 e. The summed E-state index contributed by atoms with van der Waals surface area (Å²) in [4.78, 5) is 0. The van der Waals surface area contributed by atoms with Gasteiger partial charge in [-0.3, -0.25) is 0 Å². The van der Waals surface area contributed by atoms with E-state index in [1.807, 2.05) is 56.4 Å². The Morgan fingerprint density at radius 3 is 1.59 bits per heavy atom. The van der Waals surface area contributed by atoms with E-state index in [-0.39, 0.29) is 0 Å². The van der Waals surface area contributed by atoms with Crippen molar-refractivity contribution in [2.45, 2.75) is 80.1 Å². The van der Waals surface area contributed by atoms with Crippen LogP contribution < -0.4 is 0 Å². The van der Waals surface area contributed by atoms with Gasteiger partial charge in [-0.15, -0.1) is 11.3 Å². The van der Waals surface area contributed by atoms with Gasteiger partial charge in [-0.05, 0) is 49.4 Å². The van der Waals surface area contributed by atoms with Gasteiger partial charge in [-0.2, -0.15) is 5.26 Å². The SMILES string of the molecule is CC.CC1CCCCCC1.Cc1cccc2c1sc1c(C)cccc12.Cc1ccccc1C#N. The highest BCUT2D eigenvalue weighted by Gasteiger charge is 2.07. The van der Waals surface area contributed by atoms with E-state index >= 15 is 0 Å². The fraction of sp³-hybridized carbons (Fsp3) is 0.406. The summed E-state index contributed by atoms with van der Waals surface area (Å²) in [6.45, 7) is 12.7. The molecule has 0 spiro atoms. The van der Waals surface area contributed by atoms with Crippen LogP contribution in [0.15, 0.2) is 60.7 Å². The van der Waals surface area contributed by atoms with Crippen molar-refractivity contribution in [3.05, 3.63) is 82.9 Å². The van der Waals surface area contributed by atoms with Crippen LogP contribution >= 0.6 is 11.3 Å². The maximum atomic E-state index is 8.47. The second-order valence-corrected chi connectivity index (χ2v) is 10.0. The van der Waals surface area contributed by atoms with Gasteiger partial charge in [0.1, 0.15) is 0 Å². The molecule has 1 saturated carbocycles. The van der Waals surface area contributed by atoms with Crippen LogP contribution in [0, 0.1) is 38.0 Å². The summed E-state index contributed by atoms with van der Waals surface area (Å²) in [5.74, 6) is 1.03. The summed E-state index contributed by atoms with van der Waals surface area (Å²) < 4.78 is 2.86. The van der Waals surface area contributed by atoms with Gasteiger partial charge in [0.05, 0.1) is 11.6 Å². The fourth-order valence-electron chi connectivity index (χ4n) is 4.28. The first kappa shape index (κ1) is 27.6. The number of rotatable bonds is 0. The number of hydrogen-bond acceptors (Lipinski definition) is 2. The number of nitrogens with zero attached hydrogens (tertiary/aromatic N) is 1. The van der Waals surface area contributed by atoms with Crippen LogP contribution in [0.25, 0.3) is 20.2 Å². The summed E-state index contributed by atoms with van der Waals surface area (Å²) in [7, 11) is 0. The third-order valence-electron chi connectivity index (χ3n) is 6.33. The lowest BCUT2D eigenvalue weighted by atomic mass is 10.0. The molecule has 0 aliphatic heterocycles. The van der Waals surface area contributed by atoms with Gasteiger partial charge in [-0.1, -0.05) is 114 Å². The minimum Gasteiger partial charge on any atom is -0.192 e. The van der Waals surface area contributed by atoms with Gasteiger partial charge in [0.2, 0.25) is 0 Å². The number of fused-ring (bicyclic) bond motifs is 3. The molecular formula is C32H41NS. The molecule has 0 N–H and O–H groups in total. The normalized spacial score (nSPS) is 13.3. The zero-order chi connectivity index (χ0) is 24.9. The van der Waals surface area contributed by atoms with Crippen molar-refractivity contribution in [2.75, 3.05) is 0 Å². The highest BCUT2D eigenvalue weighted by Crippen LogP contribution is 2.37. The van der Waals surface area contributed by atoms with Crippen molar-refractivity contribution in [3.8, 4) is 6.07 Å². The Balaban J connectivity index is 0.000000186. The van der Waals surface area contributed by atoms with Crippen molar-refractivity contribution in [3.63, 3.8) is 0 Å². The molecule has 1 heterocycles. The Morgan fingerprint density at radius 1 is 0.676 bits per heavy atom. The topological polar surface area (TPSA) is 23.8 Å². The fourth-order valence-corrected chi connectivity index (χ4v) is 5.52. The first-order valence-electron chi connectivity index (χ1n) is 12.8. The van der Waals surface area contributed by atoms with Crippen molar-refractivity contribution in [2.24, 2.45) is 5.92 Å². The second kappa shape index (κ2) is 14.6. The summed E-state index contributed by atoms with van der Waals surface area (Å²) in [6.07, 6.45) is 8.93. The third-order valence-corrected chi connectivity index (χ3v) is 7.82. The maximum absolute atomic E-state index is 8.47. The predicted molar refractivity (Wildman–Crippen MR) is 153 cm³/mol. The van der Waals surface area contributed by atoms with Crippen LogP contribution in [-0.4, -0.2) is 0 Å². The Labute approximate surface area is 211 Å². The summed E-state index contributed by atoms with van der Waals surface area (Å²) >= 11 is 1.91. The van der Waals surface area contributed by atoms with Crippen molar-refractivity contribution in [1.29, 1.82) is 5.26 Å². The molecule has 1 aromatic heterocycles. The molecule has 0 bridgehead atoms. The number of nitriles is 1. The Kier molecular flexibility index (Phi) is 11.9. The third kappa shape index (κ3) is 7.71.